The smallest absolute Gasteiger partial charge is 0.0217 e. The Morgan fingerprint density at radius 2 is 2.20 bits per heavy atom. The van der Waals surface area contributed by atoms with Crippen LogP contribution in [0.2, 0.25) is 0 Å². The summed E-state index contributed by atoms with van der Waals surface area (Å²) in [5.74, 6) is 7.86. The first-order valence-corrected chi connectivity index (χ1v) is 6.01. The van der Waals surface area contributed by atoms with E-state index in [0.717, 1.165) is 24.8 Å². The molecule has 0 aromatic carbocycles. The third-order valence-electron chi connectivity index (χ3n) is 4.20. The molecule has 0 aliphatic carbocycles. The third kappa shape index (κ3) is 1.91. The van der Waals surface area contributed by atoms with Crippen LogP contribution in [0, 0.1) is 23.7 Å². The summed E-state index contributed by atoms with van der Waals surface area (Å²) in [6.07, 6.45) is 1.02. The second-order valence-corrected chi connectivity index (χ2v) is 5.30. The monoisotopic (exact) mass is 206 g/mol. The van der Waals surface area contributed by atoms with Crippen molar-refractivity contribution < 1.29 is 0 Å². The van der Waals surface area contributed by atoms with E-state index in [4.69, 9.17) is 0 Å². The van der Waals surface area contributed by atoms with Crippen molar-refractivity contribution in [1.82, 2.24) is 10.2 Å². The van der Waals surface area contributed by atoms with Crippen molar-refractivity contribution in [2.75, 3.05) is 26.2 Å². The molecule has 0 saturated carbocycles. The molecule has 0 bridgehead atoms. The second kappa shape index (κ2) is 4.15. The zero-order chi connectivity index (χ0) is 10.9. The highest BCUT2D eigenvalue weighted by molar-refractivity contribution is 5.05. The molecule has 2 fully saturated rings. The Morgan fingerprint density at radius 1 is 1.40 bits per heavy atom. The number of hydrogen-bond donors (Lipinski definition) is 1. The van der Waals surface area contributed by atoms with E-state index in [1.807, 2.05) is 6.92 Å². The number of nitrogens with one attached hydrogen (secondary N) is 1. The van der Waals surface area contributed by atoms with Crippen LogP contribution in [-0.4, -0.2) is 36.6 Å². The van der Waals surface area contributed by atoms with Crippen molar-refractivity contribution in [3.05, 3.63) is 0 Å². The molecule has 2 saturated heterocycles. The molecule has 2 heteroatoms. The average molecular weight is 206 g/mol. The van der Waals surface area contributed by atoms with Crippen LogP contribution >= 0.6 is 0 Å². The van der Waals surface area contributed by atoms with Crippen LogP contribution in [0.25, 0.3) is 0 Å². The van der Waals surface area contributed by atoms with E-state index in [2.05, 4.69) is 35.9 Å². The number of fused-ring (bicyclic) bond motifs is 1. The molecule has 0 aromatic rings. The molecule has 15 heavy (non-hydrogen) atoms. The summed E-state index contributed by atoms with van der Waals surface area (Å²) in [7, 11) is 0. The maximum absolute atomic E-state index is 3.51. The molecule has 0 aromatic heterocycles. The molecule has 2 atom stereocenters. The third-order valence-corrected chi connectivity index (χ3v) is 4.20. The standard InChI is InChI=1S/C13H22N2/c1-4-5-6-7-15-10-11-8-14-9-12(11)13(15,2)3/h11-12,14H,6-10H2,1-3H3. The molecule has 2 aliphatic heterocycles. The van der Waals surface area contributed by atoms with Gasteiger partial charge in [0, 0.05) is 31.6 Å². The molecule has 1 N–H and O–H groups in total. The summed E-state index contributed by atoms with van der Waals surface area (Å²) in [5, 5.41) is 3.51. The highest BCUT2D eigenvalue weighted by Crippen LogP contribution is 2.40. The SMILES string of the molecule is CC#CCCN1CC2CNCC2C1(C)C. The summed E-state index contributed by atoms with van der Waals surface area (Å²) in [6.45, 7) is 11.5. The maximum atomic E-state index is 3.51. The lowest BCUT2D eigenvalue weighted by Crippen LogP contribution is -2.44. The van der Waals surface area contributed by atoms with E-state index in [0.29, 0.717) is 5.54 Å². The molecule has 2 aliphatic rings. The molecular formula is C13H22N2. The summed E-state index contributed by atoms with van der Waals surface area (Å²) in [5.41, 5.74) is 0.365. The van der Waals surface area contributed by atoms with Crippen molar-refractivity contribution in [2.24, 2.45) is 11.8 Å². The fourth-order valence-electron chi connectivity index (χ4n) is 3.20. The first kappa shape index (κ1) is 11.0. The molecular weight excluding hydrogens is 184 g/mol. The van der Waals surface area contributed by atoms with Gasteiger partial charge in [-0.2, -0.15) is 0 Å². The Labute approximate surface area is 93.4 Å². The van der Waals surface area contributed by atoms with Crippen molar-refractivity contribution in [3.8, 4) is 11.8 Å². The minimum absolute atomic E-state index is 0.365. The highest BCUT2D eigenvalue weighted by atomic mass is 15.2. The van der Waals surface area contributed by atoms with Crippen LogP contribution in [0.4, 0.5) is 0 Å². The normalized spacial score (nSPS) is 33.5. The first-order valence-electron chi connectivity index (χ1n) is 6.01. The highest BCUT2D eigenvalue weighted by Gasteiger charge is 2.48. The molecule has 84 valence electrons. The van der Waals surface area contributed by atoms with E-state index in [1.165, 1.54) is 19.6 Å². The maximum Gasteiger partial charge on any atom is 0.0217 e. The van der Waals surface area contributed by atoms with Crippen LogP contribution in [0.1, 0.15) is 27.2 Å². The van der Waals surface area contributed by atoms with Gasteiger partial charge in [0.05, 0.1) is 0 Å². The molecule has 2 heterocycles. The van der Waals surface area contributed by atoms with E-state index < -0.39 is 0 Å². The zero-order valence-corrected chi connectivity index (χ0v) is 10.1. The fourth-order valence-corrected chi connectivity index (χ4v) is 3.20. The first-order chi connectivity index (χ1) is 7.16. The quantitative estimate of drug-likeness (QED) is 0.686. The largest absolute Gasteiger partial charge is 0.316 e. The van der Waals surface area contributed by atoms with Crippen molar-refractivity contribution >= 4 is 0 Å². The van der Waals surface area contributed by atoms with Gasteiger partial charge in [-0.3, -0.25) is 4.90 Å². The Hall–Kier alpha value is -0.520. The number of rotatable bonds is 2. The van der Waals surface area contributed by atoms with E-state index in [9.17, 15) is 0 Å². The van der Waals surface area contributed by atoms with Gasteiger partial charge in [-0.05, 0) is 39.2 Å². The Kier molecular flexibility index (Phi) is 3.04. The Balaban J connectivity index is 1.98. The second-order valence-electron chi connectivity index (χ2n) is 5.30. The van der Waals surface area contributed by atoms with Crippen molar-refractivity contribution in [2.45, 2.75) is 32.7 Å². The van der Waals surface area contributed by atoms with Gasteiger partial charge in [0.15, 0.2) is 0 Å². The summed E-state index contributed by atoms with van der Waals surface area (Å²) < 4.78 is 0. The number of nitrogens with zero attached hydrogens (tertiary/aromatic N) is 1. The van der Waals surface area contributed by atoms with Crippen LogP contribution in [0.3, 0.4) is 0 Å². The summed E-state index contributed by atoms with van der Waals surface area (Å²) in [4.78, 5) is 2.63. The van der Waals surface area contributed by atoms with Gasteiger partial charge in [-0.1, -0.05) is 0 Å². The molecule has 2 rings (SSSR count). The van der Waals surface area contributed by atoms with Gasteiger partial charge in [-0.25, -0.2) is 0 Å². The predicted molar refractivity (Wildman–Crippen MR) is 63.6 cm³/mol. The predicted octanol–water partition coefficient (Wildman–Crippen LogP) is 1.33. The molecule has 2 nitrogen and oxygen atoms in total. The number of likely N-dealkylation sites (tertiary alicyclic amines) is 1. The summed E-state index contributed by atoms with van der Waals surface area (Å²) >= 11 is 0. The minimum Gasteiger partial charge on any atom is -0.316 e. The topological polar surface area (TPSA) is 15.3 Å². The fraction of sp³-hybridized carbons (Fsp3) is 0.846. The van der Waals surface area contributed by atoms with E-state index in [-0.39, 0.29) is 0 Å². The van der Waals surface area contributed by atoms with Gasteiger partial charge >= 0.3 is 0 Å². The van der Waals surface area contributed by atoms with Crippen molar-refractivity contribution in [3.63, 3.8) is 0 Å². The average Bonchev–Trinajstić information content (AvgIpc) is 2.72. The van der Waals surface area contributed by atoms with Crippen LogP contribution in [0.5, 0.6) is 0 Å². The van der Waals surface area contributed by atoms with Crippen LogP contribution < -0.4 is 5.32 Å². The van der Waals surface area contributed by atoms with Gasteiger partial charge in [-0.15, -0.1) is 11.8 Å². The lowest BCUT2D eigenvalue weighted by atomic mass is 9.85. The molecule has 0 radical (unpaired) electrons. The minimum atomic E-state index is 0.365. The zero-order valence-electron chi connectivity index (χ0n) is 10.1. The summed E-state index contributed by atoms with van der Waals surface area (Å²) in [6, 6.07) is 0. The van der Waals surface area contributed by atoms with Gasteiger partial charge in [0.1, 0.15) is 0 Å². The Morgan fingerprint density at radius 3 is 2.87 bits per heavy atom. The van der Waals surface area contributed by atoms with Gasteiger partial charge < -0.3 is 5.32 Å². The number of hydrogen-bond acceptors (Lipinski definition) is 2. The van der Waals surface area contributed by atoms with Crippen LogP contribution in [0.15, 0.2) is 0 Å². The van der Waals surface area contributed by atoms with E-state index >= 15 is 0 Å². The molecule has 0 amide bonds. The molecule has 2 unspecified atom stereocenters. The Bertz CT molecular complexity index is 285. The van der Waals surface area contributed by atoms with Gasteiger partial charge in [0.25, 0.3) is 0 Å². The lowest BCUT2D eigenvalue weighted by Gasteiger charge is -2.35. The van der Waals surface area contributed by atoms with Crippen LogP contribution in [-0.2, 0) is 0 Å². The van der Waals surface area contributed by atoms with E-state index in [1.54, 1.807) is 0 Å². The van der Waals surface area contributed by atoms with Gasteiger partial charge in [0.2, 0.25) is 0 Å². The molecule has 0 spiro atoms. The lowest BCUT2D eigenvalue weighted by molar-refractivity contribution is 0.143. The van der Waals surface area contributed by atoms with Crippen molar-refractivity contribution in [1.29, 1.82) is 0 Å².